The maximum atomic E-state index is 11.4. The van der Waals surface area contributed by atoms with Crippen LogP contribution in [-0.2, 0) is 0 Å². The second kappa shape index (κ2) is 5.47. The molecule has 0 saturated carbocycles. The number of hydrogen-bond donors (Lipinski definition) is 0. The van der Waals surface area contributed by atoms with E-state index < -0.39 is 15.9 Å². The van der Waals surface area contributed by atoms with Crippen molar-refractivity contribution in [3.8, 4) is 0 Å². The average molecular weight is 151 g/mol. The minimum atomic E-state index is -1.43. The molecule has 0 aliphatic carbocycles. The van der Waals surface area contributed by atoms with E-state index in [1.165, 1.54) is 0 Å². The van der Waals surface area contributed by atoms with Gasteiger partial charge in [0.2, 0.25) is 0 Å². The van der Waals surface area contributed by atoms with Crippen molar-refractivity contribution in [3.63, 3.8) is 0 Å². The Morgan fingerprint density at radius 2 is 2.33 bits per heavy atom. The van der Waals surface area contributed by atoms with Crippen LogP contribution in [0, 0.1) is 0 Å². The molecule has 0 radical (unpaired) electrons. The van der Waals surface area contributed by atoms with Gasteiger partial charge in [-0.05, 0) is 0 Å². The van der Waals surface area contributed by atoms with E-state index in [1.807, 2.05) is 0 Å². The van der Waals surface area contributed by atoms with E-state index in [2.05, 4.69) is 6.92 Å². The van der Waals surface area contributed by atoms with E-state index >= 15 is 0 Å². The third-order valence-electron chi connectivity index (χ3n) is 0.737. The van der Waals surface area contributed by atoms with Gasteiger partial charge in [-0.2, -0.15) is 0 Å². The molecule has 0 saturated heterocycles. The molecule has 0 aromatic heterocycles. The zero-order valence-electron chi connectivity index (χ0n) is 4.21. The van der Waals surface area contributed by atoms with Gasteiger partial charge in [-0.25, -0.2) is 0 Å². The van der Waals surface area contributed by atoms with Crippen LogP contribution in [0.4, 0.5) is 3.50 Å². The first-order chi connectivity index (χ1) is 2.91. The molecule has 0 aliphatic rings. The van der Waals surface area contributed by atoms with Crippen LogP contribution in [0.15, 0.2) is 0 Å². The molecule has 0 bridgehead atoms. The summed E-state index contributed by atoms with van der Waals surface area (Å²) >= 11 is -1.43. The Morgan fingerprint density at radius 1 is 1.67 bits per heavy atom. The normalized spacial score (nSPS) is 11.0. The Kier molecular flexibility index (Phi) is 5.90. The van der Waals surface area contributed by atoms with Gasteiger partial charge in [0.05, 0.1) is 0 Å². The van der Waals surface area contributed by atoms with Crippen molar-refractivity contribution in [3.05, 3.63) is 0 Å². The summed E-state index contributed by atoms with van der Waals surface area (Å²) in [6.07, 6.45) is 2.28. The molecule has 38 valence electrons. The van der Waals surface area contributed by atoms with Crippen LogP contribution >= 0.6 is 0 Å². The van der Waals surface area contributed by atoms with Crippen molar-refractivity contribution in [2.45, 2.75) is 25.0 Å². The van der Waals surface area contributed by atoms with Crippen LogP contribution in [0.1, 0.15) is 19.8 Å². The summed E-state index contributed by atoms with van der Waals surface area (Å²) in [5.41, 5.74) is 0. The molecule has 0 N–H and O–H groups in total. The monoisotopic (exact) mass is 152 g/mol. The first-order valence-corrected chi connectivity index (χ1v) is 5.69. The van der Waals surface area contributed by atoms with Gasteiger partial charge in [0, 0.05) is 0 Å². The Hall–Kier alpha value is 0.473. The van der Waals surface area contributed by atoms with Gasteiger partial charge in [-0.15, -0.1) is 0 Å². The van der Waals surface area contributed by atoms with Gasteiger partial charge in [0.1, 0.15) is 0 Å². The Labute approximate surface area is 45.1 Å². The molecule has 0 aromatic carbocycles. The van der Waals surface area contributed by atoms with Crippen LogP contribution in [0.2, 0.25) is 5.25 Å². The molecule has 2 heteroatoms. The Balaban J connectivity index is 2.34. The average Bonchev–Trinajstić information content (AvgIpc) is 1.61. The summed E-state index contributed by atoms with van der Waals surface area (Å²) in [5, 5.41) is 0.934. The van der Waals surface area contributed by atoms with Crippen LogP contribution in [0.3, 0.4) is 0 Å². The van der Waals surface area contributed by atoms with Crippen molar-refractivity contribution < 1.29 is 3.50 Å². The van der Waals surface area contributed by atoms with Crippen molar-refractivity contribution in [1.82, 2.24) is 0 Å². The van der Waals surface area contributed by atoms with E-state index in [9.17, 15) is 3.50 Å². The summed E-state index contributed by atoms with van der Waals surface area (Å²) < 4.78 is 11.4. The Morgan fingerprint density at radius 3 is 2.50 bits per heavy atom. The van der Waals surface area contributed by atoms with E-state index in [0.717, 1.165) is 18.1 Å². The van der Waals surface area contributed by atoms with Crippen molar-refractivity contribution in [2.24, 2.45) is 0 Å². The third-order valence-corrected chi connectivity index (χ3v) is 2.35. The fourth-order valence-electron chi connectivity index (χ4n) is 0.344. The molecular weight excluding hydrogens is 140 g/mol. The molecule has 0 aliphatic heterocycles. The summed E-state index contributed by atoms with van der Waals surface area (Å²) in [6.45, 7) is 2.10. The fraction of sp³-hybridized carbons (Fsp3) is 1.00. The predicted molar refractivity (Wildman–Crippen MR) is 29.4 cm³/mol. The molecule has 0 spiro atoms. The van der Waals surface area contributed by atoms with E-state index in [0.29, 0.717) is 0 Å². The van der Waals surface area contributed by atoms with E-state index in [1.54, 1.807) is 0 Å². The molecule has 0 unspecified atom stereocenters. The number of rotatable bonds is 3. The summed E-state index contributed by atoms with van der Waals surface area (Å²) in [7, 11) is 0. The molecule has 0 atom stereocenters. The molecule has 0 nitrogen and oxygen atoms in total. The number of halogens is 1. The predicted octanol–water partition coefficient (Wildman–Crippen LogP) is 1.26. The topological polar surface area (TPSA) is 0 Å². The van der Waals surface area contributed by atoms with E-state index in [-0.39, 0.29) is 0 Å². The SMILES string of the molecule is CCC[CH2][GeH2][F]. The second-order valence-electron chi connectivity index (χ2n) is 1.40. The Bertz CT molecular complexity index is 19.5. The minimum absolute atomic E-state index is 0.934. The van der Waals surface area contributed by atoms with Gasteiger partial charge in [0.15, 0.2) is 0 Å². The van der Waals surface area contributed by atoms with Gasteiger partial charge in [0.25, 0.3) is 0 Å². The van der Waals surface area contributed by atoms with Crippen molar-refractivity contribution in [1.29, 1.82) is 0 Å². The molecular formula is C4H11FGe. The van der Waals surface area contributed by atoms with Gasteiger partial charge < -0.3 is 0 Å². The van der Waals surface area contributed by atoms with Gasteiger partial charge in [-0.3, -0.25) is 0 Å². The van der Waals surface area contributed by atoms with Crippen LogP contribution in [0.25, 0.3) is 0 Å². The third kappa shape index (κ3) is 4.47. The maximum absolute atomic E-state index is 11.4. The number of hydrogen-bond acceptors (Lipinski definition) is 0. The standard InChI is InChI=1S/C4H11FGe/c1-2-3-4-6-5/h2-4,6H2,1H3. The second-order valence-corrected chi connectivity index (χ2v) is 3.67. The van der Waals surface area contributed by atoms with Crippen LogP contribution in [0.5, 0.6) is 0 Å². The van der Waals surface area contributed by atoms with Crippen LogP contribution < -0.4 is 0 Å². The van der Waals surface area contributed by atoms with Crippen LogP contribution in [-0.4, -0.2) is 15.9 Å². The summed E-state index contributed by atoms with van der Waals surface area (Å²) in [5.74, 6) is 0. The number of unbranched alkanes of at least 4 members (excludes halogenated alkanes) is 1. The van der Waals surface area contributed by atoms with Gasteiger partial charge >= 0.3 is 44.4 Å². The zero-order chi connectivity index (χ0) is 4.83. The quantitative estimate of drug-likeness (QED) is 0.420. The van der Waals surface area contributed by atoms with E-state index in [4.69, 9.17) is 0 Å². The molecule has 0 rings (SSSR count). The zero-order valence-corrected chi connectivity index (χ0v) is 7.17. The van der Waals surface area contributed by atoms with Gasteiger partial charge in [-0.1, -0.05) is 0 Å². The first-order valence-electron chi connectivity index (χ1n) is 2.47. The first kappa shape index (κ1) is 6.47. The molecule has 6 heavy (non-hydrogen) atoms. The molecule has 0 aromatic rings. The molecule has 0 amide bonds. The van der Waals surface area contributed by atoms with Crippen molar-refractivity contribution in [2.75, 3.05) is 0 Å². The fourth-order valence-corrected chi connectivity index (χ4v) is 1.79. The van der Waals surface area contributed by atoms with Crippen molar-refractivity contribution >= 4 is 15.9 Å². The summed E-state index contributed by atoms with van der Waals surface area (Å²) in [6, 6.07) is 0. The molecule has 0 fully saturated rings. The molecule has 0 heterocycles. The summed E-state index contributed by atoms with van der Waals surface area (Å²) in [4.78, 5) is 0.